The van der Waals surface area contributed by atoms with Crippen LogP contribution < -0.4 is 11.1 Å². The molecule has 1 saturated heterocycles. The van der Waals surface area contributed by atoms with E-state index in [-0.39, 0.29) is 17.9 Å². The van der Waals surface area contributed by atoms with E-state index in [1.54, 1.807) is 0 Å². The van der Waals surface area contributed by atoms with Crippen LogP contribution in [-0.2, 0) is 9.59 Å². The van der Waals surface area contributed by atoms with Gasteiger partial charge < -0.3 is 16.0 Å². The van der Waals surface area contributed by atoms with Gasteiger partial charge >= 0.3 is 0 Å². The van der Waals surface area contributed by atoms with E-state index in [2.05, 4.69) is 12.2 Å². The van der Waals surface area contributed by atoms with Crippen molar-refractivity contribution in [1.29, 1.82) is 0 Å². The van der Waals surface area contributed by atoms with Gasteiger partial charge in [-0.3, -0.25) is 9.59 Å². The van der Waals surface area contributed by atoms with Gasteiger partial charge in [0, 0.05) is 38.5 Å². The normalized spacial score (nSPS) is 17.1. The van der Waals surface area contributed by atoms with Gasteiger partial charge in [0.1, 0.15) is 0 Å². The van der Waals surface area contributed by atoms with Gasteiger partial charge in [-0.05, 0) is 25.7 Å². The van der Waals surface area contributed by atoms with Crippen molar-refractivity contribution < 1.29 is 9.59 Å². The molecule has 0 radical (unpaired) electrons. The lowest BCUT2D eigenvalue weighted by molar-refractivity contribution is -0.135. The Balaban J connectivity index is 2.13. The van der Waals surface area contributed by atoms with Crippen molar-refractivity contribution in [3.8, 4) is 0 Å². The number of hydrogen-bond donors (Lipinski definition) is 2. The van der Waals surface area contributed by atoms with Crippen molar-refractivity contribution in [2.45, 2.75) is 109 Å². The average Bonchev–Trinajstić information content (AvgIpc) is 2.68. The molecule has 158 valence electrons. The molecule has 0 spiro atoms. The van der Waals surface area contributed by atoms with Crippen LogP contribution in [0.25, 0.3) is 0 Å². The zero-order valence-electron chi connectivity index (χ0n) is 17.6. The molecule has 5 nitrogen and oxygen atoms in total. The van der Waals surface area contributed by atoms with Gasteiger partial charge in [0.05, 0.1) is 0 Å². The van der Waals surface area contributed by atoms with E-state index in [0.29, 0.717) is 25.9 Å². The maximum atomic E-state index is 12.6. The van der Waals surface area contributed by atoms with Crippen LogP contribution in [0.4, 0.5) is 0 Å². The van der Waals surface area contributed by atoms with Crippen molar-refractivity contribution in [3.63, 3.8) is 0 Å². The number of nitrogens with two attached hydrogens (primary N) is 1. The molecule has 27 heavy (non-hydrogen) atoms. The third kappa shape index (κ3) is 11.4. The molecule has 1 aliphatic heterocycles. The Hall–Kier alpha value is -1.10. The van der Waals surface area contributed by atoms with Crippen molar-refractivity contribution in [2.75, 3.05) is 19.6 Å². The van der Waals surface area contributed by atoms with E-state index in [0.717, 1.165) is 38.6 Å². The molecule has 1 unspecified atom stereocenters. The van der Waals surface area contributed by atoms with E-state index in [1.165, 1.54) is 51.4 Å². The van der Waals surface area contributed by atoms with Crippen LogP contribution in [0.3, 0.4) is 0 Å². The fourth-order valence-corrected chi connectivity index (χ4v) is 3.90. The van der Waals surface area contributed by atoms with Crippen LogP contribution in [0, 0.1) is 0 Å². The first-order chi connectivity index (χ1) is 13.2. The van der Waals surface area contributed by atoms with E-state index >= 15 is 0 Å². The quantitative estimate of drug-likeness (QED) is 0.419. The maximum absolute atomic E-state index is 12.6. The summed E-state index contributed by atoms with van der Waals surface area (Å²) in [6.45, 7) is 4.04. The van der Waals surface area contributed by atoms with Crippen LogP contribution in [0.2, 0.25) is 0 Å². The van der Waals surface area contributed by atoms with E-state index in [9.17, 15) is 9.59 Å². The molecule has 0 saturated carbocycles. The molecule has 0 aromatic rings. The SMILES string of the molecule is CCCCCCCCCCCCC(=O)N1CCCCC1CNC(=O)CCN. The molecular formula is C22H43N3O2. The van der Waals surface area contributed by atoms with E-state index in [1.807, 2.05) is 4.90 Å². The third-order valence-electron chi connectivity index (χ3n) is 5.60. The first-order valence-corrected chi connectivity index (χ1v) is 11.4. The van der Waals surface area contributed by atoms with Crippen molar-refractivity contribution in [3.05, 3.63) is 0 Å². The highest BCUT2D eigenvalue weighted by atomic mass is 16.2. The Labute approximate surface area is 166 Å². The third-order valence-corrected chi connectivity index (χ3v) is 5.60. The topological polar surface area (TPSA) is 75.4 Å². The Morgan fingerprint density at radius 1 is 0.926 bits per heavy atom. The first-order valence-electron chi connectivity index (χ1n) is 11.4. The molecule has 1 atom stereocenters. The number of nitrogens with one attached hydrogen (secondary N) is 1. The Bertz CT molecular complexity index is 401. The minimum Gasteiger partial charge on any atom is -0.354 e. The second-order valence-electron chi connectivity index (χ2n) is 8.01. The molecule has 3 N–H and O–H groups in total. The molecule has 2 amide bonds. The number of amides is 2. The van der Waals surface area contributed by atoms with E-state index in [4.69, 9.17) is 5.73 Å². The number of rotatable bonds is 15. The molecule has 1 heterocycles. The van der Waals surface area contributed by atoms with Gasteiger partial charge in [0.2, 0.25) is 11.8 Å². The number of carbonyl (C=O) groups is 2. The van der Waals surface area contributed by atoms with Crippen LogP contribution in [0.15, 0.2) is 0 Å². The largest absolute Gasteiger partial charge is 0.354 e. The lowest BCUT2D eigenvalue weighted by Crippen LogP contribution is -2.49. The minimum atomic E-state index is -0.00911. The van der Waals surface area contributed by atoms with Gasteiger partial charge in [-0.1, -0.05) is 64.7 Å². The molecule has 5 heteroatoms. The maximum Gasteiger partial charge on any atom is 0.222 e. The minimum absolute atomic E-state index is 0.00911. The lowest BCUT2D eigenvalue weighted by Gasteiger charge is -2.36. The first kappa shape index (κ1) is 23.9. The second kappa shape index (κ2) is 15.9. The summed E-state index contributed by atoms with van der Waals surface area (Å²) >= 11 is 0. The van der Waals surface area contributed by atoms with Crippen LogP contribution >= 0.6 is 0 Å². The standard InChI is InChI=1S/C22H43N3O2/c1-2-3-4-5-6-7-8-9-10-11-15-22(27)25-18-13-12-14-20(25)19-24-21(26)16-17-23/h20H,2-19,23H2,1H3,(H,24,26). The summed E-state index contributed by atoms with van der Waals surface area (Å²) in [6, 6.07) is 0.163. The van der Waals surface area contributed by atoms with Crippen molar-refractivity contribution >= 4 is 11.8 Å². The van der Waals surface area contributed by atoms with Crippen LogP contribution in [-0.4, -0.2) is 42.4 Å². The molecule has 0 aliphatic carbocycles. The second-order valence-corrected chi connectivity index (χ2v) is 8.01. The lowest BCUT2D eigenvalue weighted by atomic mass is 10.0. The summed E-state index contributed by atoms with van der Waals surface area (Å²) in [7, 11) is 0. The summed E-state index contributed by atoms with van der Waals surface area (Å²) in [5.74, 6) is 0.262. The molecule has 1 fully saturated rings. The smallest absolute Gasteiger partial charge is 0.222 e. The predicted octanol–water partition coefficient (Wildman–Crippen LogP) is 4.14. The van der Waals surface area contributed by atoms with Crippen LogP contribution in [0.5, 0.6) is 0 Å². The van der Waals surface area contributed by atoms with Crippen LogP contribution in [0.1, 0.15) is 103 Å². The highest BCUT2D eigenvalue weighted by Gasteiger charge is 2.26. The Morgan fingerprint density at radius 3 is 2.19 bits per heavy atom. The van der Waals surface area contributed by atoms with E-state index < -0.39 is 0 Å². The molecule has 0 aromatic heterocycles. The summed E-state index contributed by atoms with van der Waals surface area (Å²) in [4.78, 5) is 26.3. The van der Waals surface area contributed by atoms with Gasteiger partial charge in [-0.15, -0.1) is 0 Å². The summed E-state index contributed by atoms with van der Waals surface area (Å²) in [6.07, 6.45) is 17.1. The highest BCUT2D eigenvalue weighted by Crippen LogP contribution is 2.19. The number of piperidine rings is 1. The monoisotopic (exact) mass is 381 g/mol. The van der Waals surface area contributed by atoms with Crippen molar-refractivity contribution in [1.82, 2.24) is 10.2 Å². The Morgan fingerprint density at radius 2 is 1.56 bits per heavy atom. The fraction of sp³-hybridized carbons (Fsp3) is 0.909. The molecular weight excluding hydrogens is 338 g/mol. The predicted molar refractivity (Wildman–Crippen MR) is 112 cm³/mol. The number of unbranched alkanes of at least 4 members (excludes halogenated alkanes) is 9. The number of nitrogens with zero attached hydrogens (tertiary/aromatic N) is 1. The van der Waals surface area contributed by atoms with Gasteiger partial charge in [0.25, 0.3) is 0 Å². The number of carbonyl (C=O) groups excluding carboxylic acids is 2. The number of hydrogen-bond acceptors (Lipinski definition) is 3. The molecule has 0 bridgehead atoms. The summed E-state index contributed by atoms with van der Waals surface area (Å²) in [5, 5.41) is 2.93. The molecule has 1 aliphatic rings. The van der Waals surface area contributed by atoms with Gasteiger partial charge in [-0.25, -0.2) is 0 Å². The summed E-state index contributed by atoms with van der Waals surface area (Å²) in [5.41, 5.74) is 5.41. The van der Waals surface area contributed by atoms with Crippen molar-refractivity contribution in [2.24, 2.45) is 5.73 Å². The molecule has 1 rings (SSSR count). The fourth-order valence-electron chi connectivity index (χ4n) is 3.90. The zero-order chi connectivity index (χ0) is 19.7. The van der Waals surface area contributed by atoms with Gasteiger partial charge in [-0.2, -0.15) is 0 Å². The average molecular weight is 382 g/mol. The number of likely N-dealkylation sites (tertiary alicyclic amines) is 1. The molecule has 0 aromatic carbocycles. The zero-order valence-corrected chi connectivity index (χ0v) is 17.6. The Kier molecular flexibility index (Phi) is 14.1. The highest BCUT2D eigenvalue weighted by molar-refractivity contribution is 5.77. The van der Waals surface area contributed by atoms with Gasteiger partial charge in [0.15, 0.2) is 0 Å². The summed E-state index contributed by atoms with van der Waals surface area (Å²) < 4.78 is 0.